The molecule has 3 saturated heterocycles. The topological polar surface area (TPSA) is 78.7 Å². The van der Waals surface area contributed by atoms with E-state index < -0.39 is 0 Å². The van der Waals surface area contributed by atoms with E-state index in [1.807, 2.05) is 11.0 Å². The first-order valence-corrected chi connectivity index (χ1v) is 11.9. The van der Waals surface area contributed by atoms with Crippen molar-refractivity contribution in [2.24, 2.45) is 17.8 Å². The van der Waals surface area contributed by atoms with Gasteiger partial charge >= 0.3 is 0 Å². The molecule has 2 aliphatic carbocycles. The summed E-state index contributed by atoms with van der Waals surface area (Å²) in [5.41, 5.74) is 0.302. The van der Waals surface area contributed by atoms with Gasteiger partial charge in [-0.05, 0) is 44.4 Å². The molecule has 6 rings (SSSR count). The van der Waals surface area contributed by atoms with E-state index in [0.29, 0.717) is 30.6 Å². The number of piperidine rings is 1. The number of nitrogens with zero attached hydrogens (tertiary/aromatic N) is 3. The first kappa shape index (κ1) is 18.8. The molecule has 5 fully saturated rings. The molecule has 7 heteroatoms. The SMILES string of the molecule is O=C1NC2(CCN(C(=O)c3cc(C4CC4)on3)CC2)[C@H]2CN(CC3CCCC3)C[C@@H]12. The summed E-state index contributed by atoms with van der Waals surface area (Å²) in [5.74, 6) is 2.86. The summed E-state index contributed by atoms with van der Waals surface area (Å²) in [5, 5.41) is 7.40. The maximum atomic E-state index is 12.9. The number of hydrogen-bond acceptors (Lipinski definition) is 5. The minimum absolute atomic E-state index is 0.0318. The Bertz CT molecular complexity index is 833. The quantitative estimate of drug-likeness (QED) is 0.822. The molecule has 4 heterocycles. The van der Waals surface area contributed by atoms with Crippen LogP contribution in [0.25, 0.3) is 0 Å². The number of fused-ring (bicyclic) bond motifs is 2. The van der Waals surface area contributed by atoms with Crippen LogP contribution in [-0.4, -0.2) is 65.0 Å². The number of carbonyl (C=O) groups excluding carboxylic acids is 2. The molecule has 0 unspecified atom stereocenters. The summed E-state index contributed by atoms with van der Waals surface area (Å²) in [6, 6.07) is 1.83. The van der Waals surface area contributed by atoms with Gasteiger partial charge in [0.05, 0.1) is 5.92 Å². The lowest BCUT2D eigenvalue weighted by atomic mass is 9.75. The van der Waals surface area contributed by atoms with Crippen LogP contribution in [0.15, 0.2) is 10.6 Å². The lowest BCUT2D eigenvalue weighted by Gasteiger charge is -2.42. The van der Waals surface area contributed by atoms with Crippen LogP contribution in [-0.2, 0) is 4.79 Å². The monoisotopic (exact) mass is 412 g/mol. The lowest BCUT2D eigenvalue weighted by Crippen LogP contribution is -2.56. The standard InChI is InChI=1S/C23H32N4O3/c28-21-17-13-26(12-15-3-1-2-4-15)14-18(17)23(24-21)7-9-27(10-8-23)22(29)19-11-20(30-25-19)16-5-6-16/h11,15-18H,1-10,12-14H2,(H,24,28)/t17-,18+/m1/s1. The first-order chi connectivity index (χ1) is 14.6. The second-order valence-corrected chi connectivity index (χ2v) is 10.4. The third-order valence-corrected chi connectivity index (χ3v) is 8.48. The van der Waals surface area contributed by atoms with Gasteiger partial charge in [-0.2, -0.15) is 0 Å². The predicted octanol–water partition coefficient (Wildman–Crippen LogP) is 2.39. The molecule has 0 aromatic carbocycles. The van der Waals surface area contributed by atoms with Crippen LogP contribution in [0.5, 0.6) is 0 Å². The molecule has 2 amide bonds. The Morgan fingerprint density at radius 3 is 2.67 bits per heavy atom. The van der Waals surface area contributed by atoms with Gasteiger partial charge in [0.1, 0.15) is 5.76 Å². The van der Waals surface area contributed by atoms with Gasteiger partial charge in [0.25, 0.3) is 5.91 Å². The Morgan fingerprint density at radius 1 is 1.17 bits per heavy atom. The fourth-order valence-electron chi connectivity index (χ4n) is 6.57. The minimum Gasteiger partial charge on any atom is -0.360 e. The first-order valence-electron chi connectivity index (χ1n) is 11.9. The summed E-state index contributed by atoms with van der Waals surface area (Å²) in [6.07, 6.45) is 9.40. The summed E-state index contributed by atoms with van der Waals surface area (Å²) in [6.45, 7) is 4.46. The summed E-state index contributed by atoms with van der Waals surface area (Å²) in [7, 11) is 0. The van der Waals surface area contributed by atoms with Crippen molar-refractivity contribution in [3.63, 3.8) is 0 Å². The highest BCUT2D eigenvalue weighted by Gasteiger charge is 2.57. The number of hydrogen-bond donors (Lipinski definition) is 1. The number of amides is 2. The van der Waals surface area contributed by atoms with Crippen molar-refractivity contribution in [3.8, 4) is 0 Å². The largest absolute Gasteiger partial charge is 0.360 e. The van der Waals surface area contributed by atoms with Gasteiger partial charge in [-0.1, -0.05) is 18.0 Å². The third-order valence-electron chi connectivity index (χ3n) is 8.48. The number of likely N-dealkylation sites (tertiary alicyclic amines) is 2. The zero-order valence-electron chi connectivity index (χ0n) is 17.6. The van der Waals surface area contributed by atoms with E-state index in [1.54, 1.807) is 0 Å². The van der Waals surface area contributed by atoms with E-state index in [1.165, 1.54) is 25.7 Å². The van der Waals surface area contributed by atoms with Crippen LogP contribution in [0.2, 0.25) is 0 Å². The van der Waals surface area contributed by atoms with E-state index in [-0.39, 0.29) is 23.3 Å². The van der Waals surface area contributed by atoms with Crippen molar-refractivity contribution in [2.75, 3.05) is 32.7 Å². The highest BCUT2D eigenvalue weighted by molar-refractivity contribution is 5.92. The Morgan fingerprint density at radius 2 is 1.93 bits per heavy atom. The van der Waals surface area contributed by atoms with Crippen LogP contribution in [0, 0.1) is 17.8 Å². The number of aromatic nitrogens is 1. The maximum absolute atomic E-state index is 12.9. The van der Waals surface area contributed by atoms with Crippen molar-refractivity contribution in [2.45, 2.75) is 62.8 Å². The molecule has 7 nitrogen and oxygen atoms in total. The molecule has 2 atom stereocenters. The van der Waals surface area contributed by atoms with Crippen LogP contribution >= 0.6 is 0 Å². The van der Waals surface area contributed by atoms with Crippen molar-refractivity contribution >= 4 is 11.8 Å². The van der Waals surface area contributed by atoms with Gasteiger partial charge in [0.15, 0.2) is 5.69 Å². The highest BCUT2D eigenvalue weighted by atomic mass is 16.5. The van der Waals surface area contributed by atoms with Crippen molar-refractivity contribution in [1.29, 1.82) is 0 Å². The Hall–Kier alpha value is -1.89. The number of carbonyl (C=O) groups is 2. The van der Waals surface area contributed by atoms with Gasteiger partial charge in [0, 0.05) is 56.2 Å². The van der Waals surface area contributed by atoms with Gasteiger partial charge in [-0.25, -0.2) is 0 Å². The fourth-order valence-corrected chi connectivity index (χ4v) is 6.57. The Balaban J connectivity index is 1.10. The van der Waals surface area contributed by atoms with E-state index >= 15 is 0 Å². The van der Waals surface area contributed by atoms with Crippen LogP contribution < -0.4 is 5.32 Å². The highest BCUT2D eigenvalue weighted by Crippen LogP contribution is 2.45. The van der Waals surface area contributed by atoms with E-state index in [4.69, 9.17) is 4.52 Å². The molecular formula is C23H32N4O3. The smallest absolute Gasteiger partial charge is 0.276 e. The van der Waals surface area contributed by atoms with Crippen LogP contribution in [0.4, 0.5) is 0 Å². The Labute approximate surface area is 177 Å². The van der Waals surface area contributed by atoms with Gasteiger partial charge < -0.3 is 19.6 Å². The van der Waals surface area contributed by atoms with Crippen LogP contribution in [0.1, 0.15) is 73.5 Å². The second kappa shape index (κ2) is 7.08. The molecule has 1 N–H and O–H groups in total. The summed E-state index contributed by atoms with van der Waals surface area (Å²) < 4.78 is 5.37. The van der Waals surface area contributed by atoms with E-state index in [2.05, 4.69) is 15.4 Å². The molecule has 1 spiro atoms. The average Bonchev–Trinajstić information content (AvgIpc) is 3.14. The molecule has 1 aromatic heterocycles. The third kappa shape index (κ3) is 3.17. The molecule has 162 valence electrons. The molecule has 1 aromatic rings. The van der Waals surface area contributed by atoms with E-state index in [9.17, 15) is 9.59 Å². The lowest BCUT2D eigenvalue weighted by molar-refractivity contribution is -0.123. The molecular weight excluding hydrogens is 380 g/mol. The van der Waals surface area contributed by atoms with Crippen molar-refractivity contribution < 1.29 is 14.1 Å². The minimum atomic E-state index is -0.133. The van der Waals surface area contributed by atoms with E-state index in [0.717, 1.165) is 57.0 Å². The fraction of sp³-hybridized carbons (Fsp3) is 0.783. The molecule has 5 aliphatic rings. The molecule has 0 radical (unpaired) electrons. The predicted molar refractivity (Wildman–Crippen MR) is 110 cm³/mol. The average molecular weight is 413 g/mol. The molecule has 2 saturated carbocycles. The van der Waals surface area contributed by atoms with Crippen LogP contribution in [0.3, 0.4) is 0 Å². The van der Waals surface area contributed by atoms with Crippen molar-refractivity contribution in [1.82, 2.24) is 20.3 Å². The Kier molecular flexibility index (Phi) is 4.44. The second-order valence-electron chi connectivity index (χ2n) is 10.4. The molecule has 0 bridgehead atoms. The number of rotatable bonds is 4. The molecule has 30 heavy (non-hydrogen) atoms. The van der Waals surface area contributed by atoms with Crippen molar-refractivity contribution in [3.05, 3.63) is 17.5 Å². The van der Waals surface area contributed by atoms with Gasteiger partial charge in [-0.15, -0.1) is 0 Å². The summed E-state index contributed by atoms with van der Waals surface area (Å²) >= 11 is 0. The zero-order valence-corrected chi connectivity index (χ0v) is 17.6. The maximum Gasteiger partial charge on any atom is 0.276 e. The summed E-state index contributed by atoms with van der Waals surface area (Å²) in [4.78, 5) is 30.1. The zero-order chi connectivity index (χ0) is 20.3. The normalized spacial score (nSPS) is 31.5. The van der Waals surface area contributed by atoms with Gasteiger partial charge in [-0.3, -0.25) is 9.59 Å². The number of nitrogens with one attached hydrogen (secondary N) is 1. The van der Waals surface area contributed by atoms with Gasteiger partial charge in [0.2, 0.25) is 5.91 Å². The molecule has 3 aliphatic heterocycles.